The molecule has 0 atom stereocenters. The summed E-state index contributed by atoms with van der Waals surface area (Å²) in [6.07, 6.45) is 3.82. The second-order valence-corrected chi connectivity index (χ2v) is 5.44. The van der Waals surface area contributed by atoms with E-state index in [0.717, 1.165) is 21.9 Å². The molecule has 0 aliphatic rings. The predicted molar refractivity (Wildman–Crippen MR) is 93.9 cm³/mol. The van der Waals surface area contributed by atoms with E-state index in [1.54, 1.807) is 12.1 Å². The topological polar surface area (TPSA) is 60.4 Å². The monoisotopic (exact) mass is 316 g/mol. The Morgan fingerprint density at radius 2 is 1.00 bits per heavy atom. The molecule has 0 fully saturated rings. The van der Waals surface area contributed by atoms with E-state index in [-0.39, 0.29) is 11.3 Å². The zero-order valence-electron chi connectivity index (χ0n) is 12.6. The lowest BCUT2D eigenvalue weighted by molar-refractivity contribution is 0.560. The highest BCUT2D eigenvalue weighted by atomic mass is 16.4. The van der Waals surface area contributed by atoms with Crippen LogP contribution in [0.1, 0.15) is 11.1 Å². The molecule has 4 nitrogen and oxygen atoms in total. The Bertz CT molecular complexity index is 1100. The van der Waals surface area contributed by atoms with Crippen molar-refractivity contribution in [3.05, 3.63) is 92.6 Å². The summed E-state index contributed by atoms with van der Waals surface area (Å²) in [6, 6.07) is 17.6. The number of benzene rings is 2. The molecule has 0 saturated carbocycles. The van der Waals surface area contributed by atoms with Gasteiger partial charge in [-0.15, -0.1) is 0 Å². The quantitative estimate of drug-likeness (QED) is 0.413. The van der Waals surface area contributed by atoms with Gasteiger partial charge in [0, 0.05) is 22.9 Å². The van der Waals surface area contributed by atoms with Crippen LogP contribution in [0.3, 0.4) is 0 Å². The van der Waals surface area contributed by atoms with Crippen LogP contribution in [0.2, 0.25) is 0 Å². The molecule has 0 spiro atoms. The van der Waals surface area contributed by atoms with Crippen molar-refractivity contribution in [2.24, 2.45) is 0 Å². The van der Waals surface area contributed by atoms with Crippen molar-refractivity contribution in [1.29, 1.82) is 0 Å². The minimum atomic E-state index is -0.367. The minimum absolute atomic E-state index is 0.367. The van der Waals surface area contributed by atoms with E-state index < -0.39 is 0 Å². The van der Waals surface area contributed by atoms with Gasteiger partial charge in [0.15, 0.2) is 0 Å². The summed E-state index contributed by atoms with van der Waals surface area (Å²) in [7, 11) is 0. The lowest BCUT2D eigenvalue weighted by atomic mass is 10.1. The molecule has 2 aromatic heterocycles. The van der Waals surface area contributed by atoms with Gasteiger partial charge in [-0.2, -0.15) is 0 Å². The van der Waals surface area contributed by atoms with Crippen molar-refractivity contribution >= 4 is 34.1 Å². The number of rotatable bonds is 2. The molecular formula is C20H12O4. The Balaban J connectivity index is 1.71. The molecule has 0 amide bonds. The lowest BCUT2D eigenvalue weighted by Crippen LogP contribution is -1.94. The maximum atomic E-state index is 11.3. The smallest absolute Gasteiger partial charge is 0.336 e. The highest BCUT2D eigenvalue weighted by Crippen LogP contribution is 2.18. The zero-order chi connectivity index (χ0) is 16.5. The highest BCUT2D eigenvalue weighted by Gasteiger charge is 1.99. The van der Waals surface area contributed by atoms with Gasteiger partial charge in [-0.1, -0.05) is 36.4 Å². The molecule has 4 heteroatoms. The van der Waals surface area contributed by atoms with Gasteiger partial charge in [0.05, 0.1) is 0 Å². The van der Waals surface area contributed by atoms with Crippen LogP contribution in [-0.2, 0) is 0 Å². The molecule has 0 bridgehead atoms. The van der Waals surface area contributed by atoms with Crippen LogP contribution in [0, 0.1) is 0 Å². The van der Waals surface area contributed by atoms with Gasteiger partial charge in [-0.3, -0.25) is 0 Å². The third-order valence-electron chi connectivity index (χ3n) is 3.76. The van der Waals surface area contributed by atoms with Crippen LogP contribution in [0.5, 0.6) is 0 Å². The summed E-state index contributed by atoms with van der Waals surface area (Å²) < 4.78 is 10.4. The SMILES string of the molecule is O=c1ccc2ccc(C=Cc3ccc4ccc(=O)oc4c3)cc2o1. The fourth-order valence-corrected chi connectivity index (χ4v) is 2.55. The van der Waals surface area contributed by atoms with Gasteiger partial charge in [-0.05, 0) is 35.4 Å². The van der Waals surface area contributed by atoms with Crippen molar-refractivity contribution in [2.75, 3.05) is 0 Å². The maximum absolute atomic E-state index is 11.3. The van der Waals surface area contributed by atoms with E-state index in [1.165, 1.54) is 12.1 Å². The number of hydrogen-bond donors (Lipinski definition) is 0. The fourth-order valence-electron chi connectivity index (χ4n) is 2.55. The van der Waals surface area contributed by atoms with E-state index in [9.17, 15) is 9.59 Å². The number of fused-ring (bicyclic) bond motifs is 2. The first-order valence-corrected chi connectivity index (χ1v) is 7.43. The van der Waals surface area contributed by atoms with E-state index in [2.05, 4.69) is 0 Å². The summed E-state index contributed by atoms with van der Waals surface area (Å²) in [6.45, 7) is 0. The summed E-state index contributed by atoms with van der Waals surface area (Å²) in [5.74, 6) is 0. The first kappa shape index (κ1) is 14.2. The molecular weight excluding hydrogens is 304 g/mol. The number of hydrogen-bond acceptors (Lipinski definition) is 4. The van der Waals surface area contributed by atoms with Crippen molar-refractivity contribution < 1.29 is 8.83 Å². The normalized spacial score (nSPS) is 11.5. The summed E-state index contributed by atoms with van der Waals surface area (Å²) >= 11 is 0. The van der Waals surface area contributed by atoms with Gasteiger partial charge < -0.3 is 8.83 Å². The van der Waals surface area contributed by atoms with Crippen molar-refractivity contribution in [3.8, 4) is 0 Å². The standard InChI is InChI=1S/C20H12O4/c21-19-9-7-15-5-3-13(11-17(15)23-19)1-2-14-4-6-16-8-10-20(22)24-18(16)12-14/h1-12H. The van der Waals surface area contributed by atoms with E-state index >= 15 is 0 Å². The van der Waals surface area contributed by atoms with Crippen LogP contribution in [0.25, 0.3) is 34.1 Å². The van der Waals surface area contributed by atoms with Crippen molar-refractivity contribution in [2.45, 2.75) is 0 Å². The van der Waals surface area contributed by atoms with Crippen LogP contribution < -0.4 is 11.3 Å². The molecule has 0 radical (unpaired) electrons. The second kappa shape index (κ2) is 5.66. The van der Waals surface area contributed by atoms with Crippen molar-refractivity contribution in [1.82, 2.24) is 0 Å². The Kier molecular flexibility index (Phi) is 3.35. The van der Waals surface area contributed by atoms with Gasteiger partial charge >= 0.3 is 11.3 Å². The Morgan fingerprint density at radius 1 is 0.583 bits per heavy atom. The third kappa shape index (κ3) is 2.77. The molecule has 2 aromatic carbocycles. The maximum Gasteiger partial charge on any atom is 0.336 e. The average Bonchev–Trinajstić information content (AvgIpc) is 2.59. The Morgan fingerprint density at radius 3 is 1.46 bits per heavy atom. The van der Waals surface area contributed by atoms with Gasteiger partial charge in [0.2, 0.25) is 0 Å². The fraction of sp³-hybridized carbons (Fsp3) is 0. The highest BCUT2D eigenvalue weighted by molar-refractivity contribution is 5.83. The van der Waals surface area contributed by atoms with E-state index in [4.69, 9.17) is 8.83 Å². The molecule has 0 aliphatic heterocycles. The average molecular weight is 316 g/mol. The predicted octanol–water partition coefficient (Wildman–Crippen LogP) is 4.07. The molecule has 0 N–H and O–H groups in total. The van der Waals surface area contributed by atoms with Crippen LogP contribution in [0.15, 0.2) is 79.1 Å². The molecule has 0 unspecified atom stereocenters. The van der Waals surface area contributed by atoms with Gasteiger partial charge in [0.1, 0.15) is 11.2 Å². The largest absolute Gasteiger partial charge is 0.423 e. The zero-order valence-corrected chi connectivity index (χ0v) is 12.6. The minimum Gasteiger partial charge on any atom is -0.423 e. The molecule has 4 aromatic rings. The van der Waals surface area contributed by atoms with E-state index in [0.29, 0.717) is 11.2 Å². The molecule has 24 heavy (non-hydrogen) atoms. The molecule has 2 heterocycles. The first-order chi connectivity index (χ1) is 11.7. The van der Waals surface area contributed by atoms with Crippen molar-refractivity contribution in [3.63, 3.8) is 0 Å². The van der Waals surface area contributed by atoms with Crippen LogP contribution in [0.4, 0.5) is 0 Å². The summed E-state index contributed by atoms with van der Waals surface area (Å²) in [4.78, 5) is 22.6. The Hall–Kier alpha value is -3.40. The summed E-state index contributed by atoms with van der Waals surface area (Å²) in [5, 5.41) is 1.75. The van der Waals surface area contributed by atoms with Gasteiger partial charge in [0.25, 0.3) is 0 Å². The van der Waals surface area contributed by atoms with E-state index in [1.807, 2.05) is 48.6 Å². The van der Waals surface area contributed by atoms with Crippen LogP contribution in [-0.4, -0.2) is 0 Å². The lowest BCUT2D eigenvalue weighted by Gasteiger charge is -1.99. The molecule has 4 rings (SSSR count). The molecule has 0 saturated heterocycles. The molecule has 116 valence electrons. The van der Waals surface area contributed by atoms with Crippen LogP contribution >= 0.6 is 0 Å². The van der Waals surface area contributed by atoms with Gasteiger partial charge in [-0.25, -0.2) is 9.59 Å². The Labute approximate surface area is 136 Å². The second-order valence-electron chi connectivity index (χ2n) is 5.44. The first-order valence-electron chi connectivity index (χ1n) is 7.43. The summed E-state index contributed by atoms with van der Waals surface area (Å²) in [5.41, 5.74) is 2.18. The third-order valence-corrected chi connectivity index (χ3v) is 3.76. The molecule has 0 aliphatic carbocycles.